The molecule has 4 rings (SSSR count). The number of ether oxygens (including phenoxy) is 5. The summed E-state index contributed by atoms with van der Waals surface area (Å²) in [6, 6.07) is 8.25. The van der Waals surface area contributed by atoms with E-state index in [1.165, 1.54) is 13.2 Å². The molecule has 0 saturated carbocycles. The van der Waals surface area contributed by atoms with E-state index in [0.29, 0.717) is 11.5 Å². The second-order valence-corrected chi connectivity index (χ2v) is 8.11. The van der Waals surface area contributed by atoms with Gasteiger partial charge in [0.25, 0.3) is 0 Å². The van der Waals surface area contributed by atoms with Crippen LogP contribution in [0.15, 0.2) is 41.0 Å². The van der Waals surface area contributed by atoms with Crippen molar-refractivity contribution in [2.75, 3.05) is 13.2 Å². The van der Waals surface area contributed by atoms with Gasteiger partial charge in [-0.05, 0) is 37.6 Å². The molecular weight excluding hydrogens is 434 g/mol. The van der Waals surface area contributed by atoms with Crippen LogP contribution >= 0.6 is 0 Å². The van der Waals surface area contributed by atoms with Gasteiger partial charge >= 0.3 is 5.97 Å². The van der Waals surface area contributed by atoms with Gasteiger partial charge in [0.1, 0.15) is 36.7 Å². The van der Waals surface area contributed by atoms with Crippen molar-refractivity contribution in [1.29, 1.82) is 0 Å². The van der Waals surface area contributed by atoms with Crippen molar-refractivity contribution in [3.8, 4) is 5.75 Å². The molecule has 6 atom stereocenters. The number of hydrogen-bond acceptors (Lipinski definition) is 8. The van der Waals surface area contributed by atoms with E-state index in [9.17, 15) is 14.7 Å². The van der Waals surface area contributed by atoms with Crippen LogP contribution in [0.3, 0.4) is 0 Å². The quantitative estimate of drug-likeness (QED) is 0.637. The van der Waals surface area contributed by atoms with Crippen LogP contribution in [-0.2, 0) is 28.5 Å². The first kappa shape index (κ1) is 23.2. The SMILES string of the molecule is CC(=O)NC1C(Oc2ccc(C)cc2C)OC2COC(c3ccco3)OC2C1OCC(=O)O. The smallest absolute Gasteiger partial charge is 0.329 e. The summed E-state index contributed by atoms with van der Waals surface area (Å²) in [4.78, 5) is 23.3. The molecule has 0 spiro atoms. The Morgan fingerprint density at radius 3 is 2.70 bits per heavy atom. The number of carboxylic acids is 1. The van der Waals surface area contributed by atoms with Crippen LogP contribution < -0.4 is 10.1 Å². The number of amides is 1. The summed E-state index contributed by atoms with van der Waals surface area (Å²) in [7, 11) is 0. The summed E-state index contributed by atoms with van der Waals surface area (Å²) in [5.74, 6) is -0.478. The molecule has 0 radical (unpaired) electrons. The Morgan fingerprint density at radius 2 is 2.03 bits per heavy atom. The first-order chi connectivity index (χ1) is 15.8. The molecule has 2 aliphatic rings. The fourth-order valence-corrected chi connectivity index (χ4v) is 4.05. The van der Waals surface area contributed by atoms with Crippen molar-refractivity contribution in [3.05, 3.63) is 53.5 Å². The van der Waals surface area contributed by atoms with Gasteiger partial charge in [0, 0.05) is 6.92 Å². The molecule has 0 bridgehead atoms. The van der Waals surface area contributed by atoms with Gasteiger partial charge in [-0.15, -0.1) is 0 Å². The van der Waals surface area contributed by atoms with Gasteiger partial charge in [-0.1, -0.05) is 17.7 Å². The average molecular weight is 461 g/mol. The van der Waals surface area contributed by atoms with Crippen LogP contribution in [0.4, 0.5) is 0 Å². The van der Waals surface area contributed by atoms with Crippen molar-refractivity contribution in [3.63, 3.8) is 0 Å². The zero-order valence-corrected chi connectivity index (χ0v) is 18.6. The molecule has 2 fully saturated rings. The van der Waals surface area contributed by atoms with E-state index in [4.69, 9.17) is 28.1 Å². The van der Waals surface area contributed by atoms with Gasteiger partial charge in [-0.25, -0.2) is 4.79 Å². The van der Waals surface area contributed by atoms with Crippen molar-refractivity contribution in [2.24, 2.45) is 0 Å². The maximum Gasteiger partial charge on any atom is 0.329 e. The zero-order valence-electron chi connectivity index (χ0n) is 18.6. The minimum absolute atomic E-state index is 0.127. The lowest BCUT2D eigenvalue weighted by Gasteiger charge is -2.48. The molecule has 2 saturated heterocycles. The van der Waals surface area contributed by atoms with Gasteiger partial charge in [-0.3, -0.25) is 4.79 Å². The van der Waals surface area contributed by atoms with Gasteiger partial charge < -0.3 is 38.5 Å². The Balaban J connectivity index is 1.63. The van der Waals surface area contributed by atoms with Gasteiger partial charge in [-0.2, -0.15) is 0 Å². The molecule has 2 aromatic rings. The molecule has 10 heteroatoms. The summed E-state index contributed by atoms with van der Waals surface area (Å²) in [6.45, 7) is 4.77. The van der Waals surface area contributed by atoms with Crippen molar-refractivity contribution >= 4 is 11.9 Å². The minimum atomic E-state index is -1.15. The van der Waals surface area contributed by atoms with Crippen LogP contribution in [0, 0.1) is 13.8 Å². The van der Waals surface area contributed by atoms with E-state index in [1.54, 1.807) is 12.1 Å². The van der Waals surface area contributed by atoms with Crippen molar-refractivity contribution in [2.45, 2.75) is 57.7 Å². The molecule has 0 aliphatic carbocycles. The standard InChI is InChI=1S/C23H27NO9/c1-12-6-7-15(13(2)9-12)31-23-19(24-14(3)25)21(29-11-18(26)27)20-17(32-23)10-30-22(33-20)16-5-4-8-28-16/h4-9,17,19-23H,10-11H2,1-3H3,(H,24,25)(H,26,27). The molecular formula is C23H27NO9. The molecule has 1 aromatic carbocycles. The second-order valence-electron chi connectivity index (χ2n) is 8.11. The highest BCUT2D eigenvalue weighted by Gasteiger charge is 2.52. The lowest BCUT2D eigenvalue weighted by molar-refractivity contribution is -0.340. The molecule has 2 N–H and O–H groups in total. The van der Waals surface area contributed by atoms with Crippen molar-refractivity contribution < 1.29 is 42.8 Å². The maximum atomic E-state index is 12.0. The summed E-state index contributed by atoms with van der Waals surface area (Å²) >= 11 is 0. The fraction of sp³-hybridized carbons (Fsp3) is 0.478. The average Bonchev–Trinajstić information content (AvgIpc) is 3.29. The molecule has 10 nitrogen and oxygen atoms in total. The summed E-state index contributed by atoms with van der Waals surface area (Å²) in [6.07, 6.45) is -2.56. The first-order valence-electron chi connectivity index (χ1n) is 10.6. The van der Waals surface area contributed by atoms with Crippen LogP contribution in [-0.4, -0.2) is 60.8 Å². The van der Waals surface area contributed by atoms with E-state index in [0.717, 1.165) is 11.1 Å². The number of nitrogens with one attached hydrogen (secondary N) is 1. The van der Waals surface area contributed by atoms with Gasteiger partial charge in [0.05, 0.1) is 12.9 Å². The third-order valence-electron chi connectivity index (χ3n) is 5.46. The second kappa shape index (κ2) is 9.92. The molecule has 3 heterocycles. The number of hydrogen-bond donors (Lipinski definition) is 2. The monoisotopic (exact) mass is 461 g/mol. The number of aryl methyl sites for hydroxylation is 2. The predicted molar refractivity (Wildman–Crippen MR) is 112 cm³/mol. The van der Waals surface area contributed by atoms with Crippen LogP contribution in [0.2, 0.25) is 0 Å². The summed E-state index contributed by atoms with van der Waals surface area (Å²) in [5, 5.41) is 12.0. The number of carbonyl (C=O) groups excluding carboxylic acids is 1. The number of benzene rings is 1. The zero-order chi connectivity index (χ0) is 23.5. The third kappa shape index (κ3) is 5.36. The maximum absolute atomic E-state index is 12.0. The highest BCUT2D eigenvalue weighted by molar-refractivity contribution is 5.73. The number of rotatable bonds is 7. The number of carbonyl (C=O) groups is 2. The number of carboxylic acid groups (broad SMARTS) is 1. The van der Waals surface area contributed by atoms with Crippen molar-refractivity contribution in [1.82, 2.24) is 5.32 Å². The molecule has 33 heavy (non-hydrogen) atoms. The topological polar surface area (TPSA) is 126 Å². The highest BCUT2D eigenvalue weighted by Crippen LogP contribution is 2.36. The Hall–Kier alpha value is -2.92. The number of aliphatic carboxylic acids is 1. The Bertz CT molecular complexity index is 976. The van der Waals surface area contributed by atoms with Crippen LogP contribution in [0.1, 0.15) is 30.1 Å². The Morgan fingerprint density at radius 1 is 1.21 bits per heavy atom. The van der Waals surface area contributed by atoms with E-state index < -0.39 is 49.5 Å². The summed E-state index contributed by atoms with van der Waals surface area (Å²) < 4.78 is 35.2. The molecule has 178 valence electrons. The number of fused-ring (bicyclic) bond motifs is 1. The minimum Gasteiger partial charge on any atom is -0.480 e. The normalized spacial score (nSPS) is 29.2. The van der Waals surface area contributed by atoms with Gasteiger partial charge in [0.2, 0.25) is 18.5 Å². The predicted octanol–water partition coefficient (Wildman–Crippen LogP) is 2.09. The van der Waals surface area contributed by atoms with Crippen LogP contribution in [0.5, 0.6) is 5.75 Å². The van der Waals surface area contributed by atoms with Gasteiger partial charge in [0.15, 0.2) is 5.76 Å². The first-order valence-corrected chi connectivity index (χ1v) is 10.6. The number of furan rings is 1. The molecule has 1 aromatic heterocycles. The third-order valence-corrected chi connectivity index (χ3v) is 5.46. The highest BCUT2D eigenvalue weighted by atomic mass is 16.8. The molecule has 2 aliphatic heterocycles. The van der Waals surface area contributed by atoms with Crippen LogP contribution in [0.25, 0.3) is 0 Å². The Labute approximate surface area is 190 Å². The molecule has 6 unspecified atom stereocenters. The lowest BCUT2D eigenvalue weighted by Crippen LogP contribution is -2.68. The Kier molecular flexibility index (Phi) is 6.99. The van der Waals surface area contributed by atoms with E-state index in [2.05, 4.69) is 5.32 Å². The van der Waals surface area contributed by atoms with E-state index >= 15 is 0 Å². The van der Waals surface area contributed by atoms with E-state index in [1.807, 2.05) is 32.0 Å². The fourth-order valence-electron chi connectivity index (χ4n) is 4.05. The van der Waals surface area contributed by atoms with E-state index in [-0.39, 0.29) is 12.5 Å². The summed E-state index contributed by atoms with van der Waals surface area (Å²) in [5.41, 5.74) is 1.96. The molecule has 1 amide bonds. The largest absolute Gasteiger partial charge is 0.480 e. The lowest BCUT2D eigenvalue weighted by atomic mass is 9.95.